The van der Waals surface area contributed by atoms with Crippen molar-refractivity contribution in [2.24, 2.45) is 4.99 Å². The first-order valence-electron chi connectivity index (χ1n) is 8.92. The van der Waals surface area contributed by atoms with E-state index in [2.05, 4.69) is 15.6 Å². The molecule has 0 bridgehead atoms. The van der Waals surface area contributed by atoms with Crippen molar-refractivity contribution in [3.8, 4) is 5.75 Å². The van der Waals surface area contributed by atoms with Crippen LogP contribution in [0.5, 0.6) is 5.75 Å². The molecule has 1 aliphatic carbocycles. The van der Waals surface area contributed by atoms with Gasteiger partial charge in [-0.1, -0.05) is 12.1 Å². The third kappa shape index (κ3) is 8.12. The molecule has 1 saturated carbocycles. The number of alkyl halides is 3. The number of ether oxygens (including phenoxy) is 1. The SMILES string of the molecule is CCNC(=NCCOc1ccccc1C(F)(F)F)NC1CCC(O)CC1.I. The van der Waals surface area contributed by atoms with Crippen LogP contribution >= 0.6 is 24.0 Å². The zero-order valence-electron chi connectivity index (χ0n) is 15.3. The number of aliphatic imine (C=N–C) groups is 1. The molecule has 1 aromatic carbocycles. The second kappa shape index (κ2) is 11.6. The lowest BCUT2D eigenvalue weighted by atomic mass is 9.93. The zero-order chi connectivity index (χ0) is 19.0. The van der Waals surface area contributed by atoms with Crippen molar-refractivity contribution in [3.05, 3.63) is 29.8 Å². The summed E-state index contributed by atoms with van der Waals surface area (Å²) in [5.41, 5.74) is -0.783. The lowest BCUT2D eigenvalue weighted by Gasteiger charge is -2.27. The summed E-state index contributed by atoms with van der Waals surface area (Å²) in [5, 5.41) is 16.0. The molecule has 5 nitrogen and oxygen atoms in total. The molecule has 2 rings (SSSR count). The highest BCUT2D eigenvalue weighted by molar-refractivity contribution is 14.0. The fourth-order valence-corrected chi connectivity index (χ4v) is 2.87. The Labute approximate surface area is 174 Å². The predicted octanol–water partition coefficient (Wildman–Crippen LogP) is 3.56. The molecule has 0 atom stereocenters. The maximum atomic E-state index is 12.9. The van der Waals surface area contributed by atoms with Gasteiger partial charge in [-0.25, -0.2) is 4.99 Å². The number of guanidine groups is 1. The molecule has 1 aliphatic rings. The average molecular weight is 501 g/mol. The van der Waals surface area contributed by atoms with Gasteiger partial charge >= 0.3 is 6.18 Å². The van der Waals surface area contributed by atoms with Gasteiger partial charge in [0.05, 0.1) is 18.2 Å². The molecule has 9 heteroatoms. The van der Waals surface area contributed by atoms with Crippen LogP contribution in [0.2, 0.25) is 0 Å². The van der Waals surface area contributed by atoms with E-state index in [1.54, 1.807) is 0 Å². The van der Waals surface area contributed by atoms with E-state index >= 15 is 0 Å². The molecule has 1 fully saturated rings. The van der Waals surface area contributed by atoms with Crippen LogP contribution in [0, 0.1) is 0 Å². The van der Waals surface area contributed by atoms with E-state index in [0.29, 0.717) is 12.5 Å². The Balaban J connectivity index is 0.00000364. The summed E-state index contributed by atoms with van der Waals surface area (Å²) >= 11 is 0. The first-order valence-corrected chi connectivity index (χ1v) is 8.92. The van der Waals surface area contributed by atoms with E-state index in [1.807, 2.05) is 6.92 Å². The van der Waals surface area contributed by atoms with Crippen molar-refractivity contribution in [1.29, 1.82) is 0 Å². The number of hydrogen-bond acceptors (Lipinski definition) is 3. The highest BCUT2D eigenvalue weighted by Crippen LogP contribution is 2.35. The van der Waals surface area contributed by atoms with Crippen molar-refractivity contribution in [2.45, 2.75) is 50.9 Å². The standard InChI is InChI=1S/C18H26F3N3O2.HI/c1-2-22-17(24-13-7-9-14(25)10-8-13)23-11-12-26-16-6-4-3-5-15(16)18(19,20)21;/h3-6,13-14,25H,2,7-12H2,1H3,(H2,22,23,24);1H. The fourth-order valence-electron chi connectivity index (χ4n) is 2.87. The Morgan fingerprint density at radius 3 is 2.52 bits per heavy atom. The van der Waals surface area contributed by atoms with Crippen LogP contribution in [0.1, 0.15) is 38.2 Å². The van der Waals surface area contributed by atoms with Crippen LogP contribution < -0.4 is 15.4 Å². The quantitative estimate of drug-likeness (QED) is 0.242. The normalized spacial score (nSPS) is 20.6. The molecule has 0 heterocycles. The minimum Gasteiger partial charge on any atom is -0.491 e. The Morgan fingerprint density at radius 2 is 1.89 bits per heavy atom. The summed E-state index contributed by atoms with van der Waals surface area (Å²) < 4.78 is 44.1. The molecule has 0 radical (unpaired) electrons. The number of nitrogens with one attached hydrogen (secondary N) is 2. The third-order valence-electron chi connectivity index (χ3n) is 4.19. The lowest BCUT2D eigenvalue weighted by molar-refractivity contribution is -0.138. The molecular weight excluding hydrogens is 474 g/mol. The Kier molecular flexibility index (Phi) is 10.2. The van der Waals surface area contributed by atoms with E-state index in [1.165, 1.54) is 18.2 Å². The predicted molar refractivity (Wildman–Crippen MR) is 110 cm³/mol. The third-order valence-corrected chi connectivity index (χ3v) is 4.19. The van der Waals surface area contributed by atoms with E-state index in [9.17, 15) is 18.3 Å². The summed E-state index contributed by atoms with van der Waals surface area (Å²) in [6, 6.07) is 5.40. The van der Waals surface area contributed by atoms with Gasteiger partial charge in [0, 0.05) is 12.6 Å². The summed E-state index contributed by atoms with van der Waals surface area (Å²) in [6.07, 6.45) is -1.43. The Morgan fingerprint density at radius 1 is 1.22 bits per heavy atom. The maximum absolute atomic E-state index is 12.9. The van der Waals surface area contributed by atoms with E-state index < -0.39 is 11.7 Å². The van der Waals surface area contributed by atoms with Gasteiger partial charge in [0.15, 0.2) is 5.96 Å². The first-order chi connectivity index (χ1) is 12.4. The summed E-state index contributed by atoms with van der Waals surface area (Å²) in [6.45, 7) is 2.90. The van der Waals surface area contributed by atoms with Gasteiger partial charge in [-0.15, -0.1) is 24.0 Å². The molecule has 0 aromatic heterocycles. The Bertz CT molecular complexity index is 591. The topological polar surface area (TPSA) is 65.9 Å². The van der Waals surface area contributed by atoms with Crippen LogP contribution in [0.25, 0.3) is 0 Å². The second-order valence-corrected chi connectivity index (χ2v) is 6.25. The smallest absolute Gasteiger partial charge is 0.419 e. The summed E-state index contributed by atoms with van der Waals surface area (Å²) in [4.78, 5) is 4.36. The van der Waals surface area contributed by atoms with Gasteiger partial charge in [0.25, 0.3) is 0 Å². The number of nitrogens with zero attached hydrogens (tertiary/aromatic N) is 1. The highest BCUT2D eigenvalue weighted by Gasteiger charge is 2.33. The number of hydrogen-bond donors (Lipinski definition) is 3. The van der Waals surface area contributed by atoms with Gasteiger partial charge in [0.2, 0.25) is 0 Å². The Hall–Kier alpha value is -1.23. The minimum absolute atomic E-state index is 0. The van der Waals surface area contributed by atoms with Crippen LogP contribution in [-0.4, -0.2) is 42.9 Å². The van der Waals surface area contributed by atoms with Crippen LogP contribution in [-0.2, 0) is 6.18 Å². The van der Waals surface area contributed by atoms with Crippen molar-refractivity contribution < 1.29 is 23.0 Å². The van der Waals surface area contributed by atoms with Gasteiger partial charge in [-0.2, -0.15) is 13.2 Å². The van der Waals surface area contributed by atoms with E-state index in [4.69, 9.17) is 4.74 Å². The second-order valence-electron chi connectivity index (χ2n) is 6.25. The van der Waals surface area contributed by atoms with E-state index in [-0.39, 0.29) is 55.0 Å². The number of aliphatic hydroxyl groups excluding tert-OH is 1. The molecule has 0 unspecified atom stereocenters. The van der Waals surface area contributed by atoms with Gasteiger partial charge < -0.3 is 20.5 Å². The van der Waals surface area contributed by atoms with Crippen LogP contribution in [0.3, 0.4) is 0 Å². The largest absolute Gasteiger partial charge is 0.491 e. The van der Waals surface area contributed by atoms with Gasteiger partial charge in [-0.05, 0) is 44.7 Å². The molecule has 154 valence electrons. The zero-order valence-corrected chi connectivity index (χ0v) is 17.6. The van der Waals surface area contributed by atoms with Crippen molar-refractivity contribution >= 4 is 29.9 Å². The van der Waals surface area contributed by atoms with Gasteiger partial charge in [0.1, 0.15) is 12.4 Å². The molecule has 27 heavy (non-hydrogen) atoms. The van der Waals surface area contributed by atoms with Crippen LogP contribution in [0.4, 0.5) is 13.2 Å². The monoisotopic (exact) mass is 501 g/mol. The number of para-hydroxylation sites is 1. The van der Waals surface area contributed by atoms with Crippen molar-refractivity contribution in [3.63, 3.8) is 0 Å². The fraction of sp³-hybridized carbons (Fsp3) is 0.611. The molecule has 0 amide bonds. The number of benzene rings is 1. The molecule has 0 aliphatic heterocycles. The first kappa shape index (κ1) is 23.8. The number of aliphatic hydroxyl groups is 1. The van der Waals surface area contributed by atoms with Crippen LogP contribution in [0.15, 0.2) is 29.3 Å². The number of halogens is 4. The van der Waals surface area contributed by atoms with E-state index in [0.717, 1.165) is 31.7 Å². The summed E-state index contributed by atoms with van der Waals surface area (Å²) in [7, 11) is 0. The highest BCUT2D eigenvalue weighted by atomic mass is 127. The molecule has 3 N–H and O–H groups in total. The molecular formula is C18H27F3IN3O2. The van der Waals surface area contributed by atoms with Crippen molar-refractivity contribution in [1.82, 2.24) is 10.6 Å². The lowest BCUT2D eigenvalue weighted by Crippen LogP contribution is -2.45. The summed E-state index contributed by atoms with van der Waals surface area (Å²) in [5.74, 6) is 0.427. The molecule has 1 aromatic rings. The number of rotatable bonds is 6. The molecule has 0 spiro atoms. The van der Waals surface area contributed by atoms with Crippen molar-refractivity contribution in [2.75, 3.05) is 19.7 Å². The maximum Gasteiger partial charge on any atom is 0.419 e. The minimum atomic E-state index is -4.44. The van der Waals surface area contributed by atoms with Gasteiger partial charge in [-0.3, -0.25) is 0 Å². The molecule has 0 saturated heterocycles. The average Bonchev–Trinajstić information content (AvgIpc) is 2.60.